The molecule has 11 heavy (non-hydrogen) atoms. The summed E-state index contributed by atoms with van der Waals surface area (Å²) < 4.78 is 28.7. The third-order valence-electron chi connectivity index (χ3n) is 1.46. The van der Waals surface area contributed by atoms with E-state index < -0.39 is 18.4 Å². The molecule has 1 N–H and O–H groups in total. The number of rotatable bonds is 1. The second-order valence-electron chi connectivity index (χ2n) is 2.35. The summed E-state index contributed by atoms with van der Waals surface area (Å²) in [6, 6.07) is -1.04. The van der Waals surface area contributed by atoms with Gasteiger partial charge in [0.25, 0.3) is 6.43 Å². The minimum Gasteiger partial charge on any atom is -0.372 e. The Morgan fingerprint density at radius 1 is 1.64 bits per heavy atom. The maximum atomic E-state index is 12.0. The maximum absolute atomic E-state index is 12.0. The fourth-order valence-electron chi connectivity index (χ4n) is 0.885. The van der Waals surface area contributed by atoms with Crippen LogP contribution in [0.5, 0.6) is 0 Å². The second-order valence-corrected chi connectivity index (χ2v) is 2.35. The van der Waals surface area contributed by atoms with Gasteiger partial charge in [-0.3, -0.25) is 4.79 Å². The standard InChI is InChI=1S/C6H9F2NO2/c7-6(8)4-1-2-11-3-5(10)9-4/h4,6H,1-3H2,(H,9,10). The van der Waals surface area contributed by atoms with Gasteiger partial charge in [-0.1, -0.05) is 0 Å². The average Bonchev–Trinajstić information content (AvgIpc) is 2.13. The van der Waals surface area contributed by atoms with Crippen LogP contribution in [-0.2, 0) is 9.53 Å². The summed E-state index contributed by atoms with van der Waals surface area (Å²) in [6.45, 7) is 0.108. The van der Waals surface area contributed by atoms with E-state index >= 15 is 0 Å². The van der Waals surface area contributed by atoms with Crippen LogP contribution < -0.4 is 5.32 Å². The number of ether oxygens (including phenoxy) is 1. The third kappa shape index (κ3) is 2.42. The number of carbonyl (C=O) groups is 1. The summed E-state index contributed by atoms with van der Waals surface area (Å²) >= 11 is 0. The van der Waals surface area contributed by atoms with Gasteiger partial charge in [0.2, 0.25) is 5.91 Å². The molecule has 1 saturated heterocycles. The quantitative estimate of drug-likeness (QED) is 0.601. The minimum atomic E-state index is -2.50. The normalized spacial score (nSPS) is 26.5. The van der Waals surface area contributed by atoms with Crippen molar-refractivity contribution in [3.63, 3.8) is 0 Å². The topological polar surface area (TPSA) is 38.3 Å². The molecular weight excluding hydrogens is 156 g/mol. The van der Waals surface area contributed by atoms with Crippen molar-refractivity contribution < 1.29 is 18.3 Å². The first-order valence-electron chi connectivity index (χ1n) is 3.35. The Hall–Kier alpha value is -0.710. The van der Waals surface area contributed by atoms with Crippen LogP contribution in [0.3, 0.4) is 0 Å². The lowest BCUT2D eigenvalue weighted by Crippen LogP contribution is -2.39. The van der Waals surface area contributed by atoms with Crippen LogP contribution in [0.15, 0.2) is 0 Å². The monoisotopic (exact) mass is 165 g/mol. The molecule has 0 aromatic carbocycles. The molecule has 1 heterocycles. The fraction of sp³-hybridized carbons (Fsp3) is 0.833. The molecule has 64 valence electrons. The summed E-state index contributed by atoms with van der Waals surface area (Å²) in [5, 5.41) is 2.16. The van der Waals surface area contributed by atoms with E-state index in [0.717, 1.165) is 0 Å². The highest BCUT2D eigenvalue weighted by molar-refractivity contribution is 5.77. The second kappa shape index (κ2) is 3.61. The zero-order valence-electron chi connectivity index (χ0n) is 5.85. The lowest BCUT2D eigenvalue weighted by atomic mass is 10.2. The van der Waals surface area contributed by atoms with Gasteiger partial charge in [0.1, 0.15) is 6.61 Å². The average molecular weight is 165 g/mol. The van der Waals surface area contributed by atoms with Gasteiger partial charge in [0.15, 0.2) is 0 Å². The zero-order chi connectivity index (χ0) is 8.27. The molecular formula is C6H9F2NO2. The Kier molecular flexibility index (Phi) is 2.76. The molecule has 5 heteroatoms. The molecule has 1 rings (SSSR count). The molecule has 3 nitrogen and oxygen atoms in total. The van der Waals surface area contributed by atoms with Crippen molar-refractivity contribution in [3.05, 3.63) is 0 Å². The molecule has 1 fully saturated rings. The van der Waals surface area contributed by atoms with E-state index in [2.05, 4.69) is 5.32 Å². The number of amides is 1. The van der Waals surface area contributed by atoms with Gasteiger partial charge in [-0.15, -0.1) is 0 Å². The number of hydrogen-bond acceptors (Lipinski definition) is 2. The molecule has 0 spiro atoms. The Bertz CT molecular complexity index is 152. The molecule has 1 aliphatic heterocycles. The van der Waals surface area contributed by atoms with Crippen LogP contribution in [0.25, 0.3) is 0 Å². The molecule has 0 radical (unpaired) electrons. The molecule has 1 amide bonds. The van der Waals surface area contributed by atoms with Crippen LogP contribution in [0.4, 0.5) is 8.78 Å². The molecule has 1 unspecified atom stereocenters. The number of halogens is 2. The van der Waals surface area contributed by atoms with E-state index in [0.29, 0.717) is 0 Å². The third-order valence-corrected chi connectivity index (χ3v) is 1.46. The first kappa shape index (κ1) is 8.39. The van der Waals surface area contributed by atoms with Crippen molar-refractivity contribution >= 4 is 5.91 Å². The largest absolute Gasteiger partial charge is 0.372 e. The molecule has 0 aromatic heterocycles. The van der Waals surface area contributed by atoms with Crippen molar-refractivity contribution in [2.75, 3.05) is 13.2 Å². The number of alkyl halides is 2. The molecule has 0 saturated carbocycles. The van der Waals surface area contributed by atoms with Gasteiger partial charge in [-0.25, -0.2) is 8.78 Å². The van der Waals surface area contributed by atoms with Gasteiger partial charge in [-0.2, -0.15) is 0 Å². The van der Waals surface area contributed by atoms with Crippen LogP contribution in [-0.4, -0.2) is 31.6 Å². The summed E-state index contributed by atoms with van der Waals surface area (Å²) in [7, 11) is 0. The first-order valence-corrected chi connectivity index (χ1v) is 3.35. The lowest BCUT2D eigenvalue weighted by Gasteiger charge is -2.12. The van der Waals surface area contributed by atoms with Crippen molar-refractivity contribution in [1.82, 2.24) is 5.32 Å². The van der Waals surface area contributed by atoms with E-state index in [-0.39, 0.29) is 19.6 Å². The molecule has 1 aliphatic rings. The van der Waals surface area contributed by atoms with Crippen molar-refractivity contribution in [2.24, 2.45) is 0 Å². The van der Waals surface area contributed by atoms with Crippen LogP contribution in [0, 0.1) is 0 Å². The fourth-order valence-corrected chi connectivity index (χ4v) is 0.885. The Labute approximate surface area is 62.7 Å². The zero-order valence-corrected chi connectivity index (χ0v) is 5.85. The first-order chi connectivity index (χ1) is 5.20. The minimum absolute atomic E-state index is 0.108. The van der Waals surface area contributed by atoms with Gasteiger partial charge >= 0.3 is 0 Å². The Balaban J connectivity index is 2.45. The van der Waals surface area contributed by atoms with E-state index in [4.69, 9.17) is 4.74 Å². The summed E-state index contributed by atoms with van der Waals surface area (Å²) in [6.07, 6.45) is -2.32. The van der Waals surface area contributed by atoms with E-state index in [1.54, 1.807) is 0 Å². The predicted molar refractivity (Wildman–Crippen MR) is 33.4 cm³/mol. The molecule has 0 aliphatic carbocycles. The van der Waals surface area contributed by atoms with Gasteiger partial charge in [0.05, 0.1) is 6.04 Å². The van der Waals surface area contributed by atoms with E-state index in [9.17, 15) is 13.6 Å². The SMILES string of the molecule is O=C1COCCC(C(F)F)N1. The maximum Gasteiger partial charge on any atom is 0.258 e. The molecule has 0 aromatic rings. The lowest BCUT2D eigenvalue weighted by molar-refractivity contribution is -0.125. The van der Waals surface area contributed by atoms with Crippen LogP contribution in [0.2, 0.25) is 0 Å². The highest BCUT2D eigenvalue weighted by atomic mass is 19.3. The number of nitrogens with one attached hydrogen (secondary N) is 1. The predicted octanol–water partition coefficient (Wildman–Crippen LogP) is 0.157. The van der Waals surface area contributed by atoms with Gasteiger partial charge in [-0.05, 0) is 6.42 Å². The summed E-state index contributed by atoms with van der Waals surface area (Å²) in [5.41, 5.74) is 0. The van der Waals surface area contributed by atoms with Crippen LogP contribution in [0.1, 0.15) is 6.42 Å². The Morgan fingerprint density at radius 3 is 3.00 bits per heavy atom. The number of hydrogen-bond donors (Lipinski definition) is 1. The van der Waals surface area contributed by atoms with Gasteiger partial charge < -0.3 is 10.1 Å². The van der Waals surface area contributed by atoms with Crippen molar-refractivity contribution in [2.45, 2.75) is 18.9 Å². The van der Waals surface area contributed by atoms with E-state index in [1.165, 1.54) is 0 Å². The van der Waals surface area contributed by atoms with E-state index in [1.807, 2.05) is 0 Å². The molecule has 0 bridgehead atoms. The summed E-state index contributed by atoms with van der Waals surface area (Å²) in [4.78, 5) is 10.6. The van der Waals surface area contributed by atoms with Crippen LogP contribution >= 0.6 is 0 Å². The Morgan fingerprint density at radius 2 is 2.36 bits per heavy atom. The highest BCUT2D eigenvalue weighted by Gasteiger charge is 2.24. The number of carbonyl (C=O) groups excluding carboxylic acids is 1. The smallest absolute Gasteiger partial charge is 0.258 e. The highest BCUT2D eigenvalue weighted by Crippen LogP contribution is 2.07. The van der Waals surface area contributed by atoms with Crippen molar-refractivity contribution in [3.8, 4) is 0 Å². The summed E-state index contributed by atoms with van der Waals surface area (Å²) in [5.74, 6) is -0.465. The van der Waals surface area contributed by atoms with Crippen molar-refractivity contribution in [1.29, 1.82) is 0 Å². The molecule has 1 atom stereocenters. The van der Waals surface area contributed by atoms with Gasteiger partial charge in [0, 0.05) is 6.61 Å².